The summed E-state index contributed by atoms with van der Waals surface area (Å²) in [6.45, 7) is 7.16. The third-order valence-corrected chi connectivity index (χ3v) is 7.85. The van der Waals surface area contributed by atoms with E-state index < -0.39 is 47.1 Å². The second-order valence-corrected chi connectivity index (χ2v) is 12.2. The lowest BCUT2D eigenvalue weighted by Gasteiger charge is -2.37. The summed E-state index contributed by atoms with van der Waals surface area (Å²) < 4.78 is 13.5. The van der Waals surface area contributed by atoms with Gasteiger partial charge in [0.2, 0.25) is 23.6 Å². The van der Waals surface area contributed by atoms with E-state index in [2.05, 4.69) is 16.7 Å². The van der Waals surface area contributed by atoms with Crippen molar-refractivity contribution in [2.24, 2.45) is 5.41 Å². The van der Waals surface area contributed by atoms with E-state index in [1.54, 1.807) is 18.2 Å². The number of para-hydroxylation sites is 1. The van der Waals surface area contributed by atoms with Gasteiger partial charge in [-0.15, -0.1) is 0 Å². The van der Waals surface area contributed by atoms with E-state index in [0.717, 1.165) is 5.56 Å². The third-order valence-electron chi connectivity index (χ3n) is 7.85. The molecule has 2 N–H and O–H groups in total. The summed E-state index contributed by atoms with van der Waals surface area (Å²) in [6.07, 6.45) is 0.531. The number of benzene rings is 2. The molecule has 0 radical (unpaired) electrons. The van der Waals surface area contributed by atoms with Gasteiger partial charge in [0.25, 0.3) is 0 Å². The van der Waals surface area contributed by atoms with Gasteiger partial charge in [-0.2, -0.15) is 5.26 Å². The number of anilines is 1. The van der Waals surface area contributed by atoms with Gasteiger partial charge in [-0.05, 0) is 41.2 Å². The number of likely N-dealkylation sites (N-methyl/N-ethyl adjacent to an activating group) is 1. The molecule has 9 nitrogen and oxygen atoms in total. The molecule has 2 heterocycles. The van der Waals surface area contributed by atoms with E-state index in [1.165, 1.54) is 35.9 Å². The first-order valence-electron chi connectivity index (χ1n) is 13.6. The van der Waals surface area contributed by atoms with Crippen LogP contribution < -0.4 is 10.6 Å². The average molecular weight is 562 g/mol. The number of hydrogen-bond donors (Lipinski definition) is 2. The molecule has 41 heavy (non-hydrogen) atoms. The van der Waals surface area contributed by atoms with Gasteiger partial charge in [-0.3, -0.25) is 19.2 Å². The number of carbonyl (C=O) groups is 4. The Labute approximate surface area is 239 Å². The smallest absolute Gasteiger partial charge is 0.246 e. The average Bonchev–Trinajstić information content (AvgIpc) is 3.44. The molecule has 1 saturated heterocycles. The van der Waals surface area contributed by atoms with Crippen LogP contribution >= 0.6 is 0 Å². The summed E-state index contributed by atoms with van der Waals surface area (Å²) in [4.78, 5) is 56.1. The maximum Gasteiger partial charge on any atom is 0.246 e. The molecule has 4 rings (SSSR count). The first-order valence-corrected chi connectivity index (χ1v) is 13.6. The van der Waals surface area contributed by atoms with Crippen LogP contribution in [-0.2, 0) is 31.0 Å². The largest absolute Gasteiger partial charge is 0.344 e. The number of carbonyl (C=O) groups excluding carboxylic acids is 4. The van der Waals surface area contributed by atoms with Crippen molar-refractivity contribution in [1.29, 1.82) is 5.26 Å². The number of likely N-dealkylation sites (tertiary alicyclic amines) is 1. The van der Waals surface area contributed by atoms with Gasteiger partial charge in [0.1, 0.15) is 23.9 Å². The van der Waals surface area contributed by atoms with Crippen molar-refractivity contribution in [3.05, 3.63) is 65.5 Å². The maximum atomic E-state index is 14.3. The van der Waals surface area contributed by atoms with Crippen molar-refractivity contribution < 1.29 is 23.6 Å². The highest BCUT2D eigenvalue weighted by atomic mass is 19.1. The van der Waals surface area contributed by atoms with Crippen molar-refractivity contribution in [3.63, 3.8) is 0 Å². The van der Waals surface area contributed by atoms with Crippen LogP contribution in [0.5, 0.6) is 0 Å². The normalized spacial score (nSPS) is 21.0. The number of nitriles is 1. The Hall–Kier alpha value is -4.26. The summed E-state index contributed by atoms with van der Waals surface area (Å²) in [5.74, 6) is -2.01. The van der Waals surface area contributed by atoms with Crippen LogP contribution in [0.15, 0.2) is 48.5 Å². The third kappa shape index (κ3) is 6.09. The molecule has 1 unspecified atom stereocenters. The van der Waals surface area contributed by atoms with E-state index in [1.807, 2.05) is 39.0 Å². The molecule has 1 spiro atoms. The van der Waals surface area contributed by atoms with Gasteiger partial charge >= 0.3 is 0 Å². The van der Waals surface area contributed by atoms with Crippen molar-refractivity contribution in [2.75, 3.05) is 18.9 Å². The first-order chi connectivity index (χ1) is 19.3. The van der Waals surface area contributed by atoms with Crippen molar-refractivity contribution in [3.8, 4) is 6.07 Å². The monoisotopic (exact) mass is 561 g/mol. The lowest BCUT2D eigenvalue weighted by atomic mass is 9.80. The predicted molar refractivity (Wildman–Crippen MR) is 151 cm³/mol. The Bertz CT molecular complexity index is 1400. The minimum absolute atomic E-state index is 0.0142. The van der Waals surface area contributed by atoms with Crippen molar-refractivity contribution >= 4 is 29.3 Å². The molecular formula is C31H36FN5O4. The van der Waals surface area contributed by atoms with Crippen LogP contribution in [0.3, 0.4) is 0 Å². The maximum absolute atomic E-state index is 14.3. The fourth-order valence-corrected chi connectivity index (χ4v) is 5.85. The number of nitrogens with one attached hydrogen (secondary N) is 2. The molecule has 0 bridgehead atoms. The van der Waals surface area contributed by atoms with Crippen molar-refractivity contribution in [1.82, 2.24) is 15.1 Å². The number of amides is 4. The summed E-state index contributed by atoms with van der Waals surface area (Å²) in [7, 11) is 1.51. The summed E-state index contributed by atoms with van der Waals surface area (Å²) >= 11 is 0. The van der Waals surface area contributed by atoms with E-state index in [0.29, 0.717) is 11.3 Å². The highest BCUT2D eigenvalue weighted by molar-refractivity contribution is 6.07. The molecule has 1 fully saturated rings. The number of nitrogens with zero attached hydrogens (tertiary/aromatic N) is 3. The van der Waals surface area contributed by atoms with Crippen LogP contribution in [0.2, 0.25) is 0 Å². The zero-order valence-corrected chi connectivity index (χ0v) is 24.0. The minimum Gasteiger partial charge on any atom is -0.344 e. The second kappa shape index (κ2) is 11.3. The van der Waals surface area contributed by atoms with Crippen LogP contribution in [0, 0.1) is 22.6 Å². The van der Waals surface area contributed by atoms with Crippen molar-refractivity contribution in [2.45, 2.75) is 70.5 Å². The molecule has 2 aliphatic rings. The highest BCUT2D eigenvalue weighted by Crippen LogP contribution is 2.46. The Morgan fingerprint density at radius 1 is 1.20 bits per heavy atom. The van der Waals surface area contributed by atoms with Gasteiger partial charge in [0.05, 0.1) is 11.5 Å². The highest BCUT2D eigenvalue weighted by Gasteiger charge is 2.57. The molecule has 4 amide bonds. The molecule has 0 aromatic heterocycles. The lowest BCUT2D eigenvalue weighted by molar-refractivity contribution is -0.147. The summed E-state index contributed by atoms with van der Waals surface area (Å²) in [5, 5.41) is 15.6. The fourth-order valence-electron chi connectivity index (χ4n) is 5.85. The number of hydrogen-bond acceptors (Lipinski definition) is 5. The molecule has 216 valence electrons. The molecule has 2 aliphatic heterocycles. The topological polar surface area (TPSA) is 123 Å². The SMILES string of the molecule is CC(=O)NC(Cc1ccc(F)cc1)C(=O)N(C)[C@@H](CC(C)(C)C)C(=O)N1C[C@]2(C[C@H]1C#N)C(=O)Nc1ccccc12. The number of halogens is 1. The molecular weight excluding hydrogens is 525 g/mol. The Morgan fingerprint density at radius 2 is 1.85 bits per heavy atom. The van der Waals surface area contributed by atoms with Crippen LogP contribution in [0.25, 0.3) is 0 Å². The minimum atomic E-state index is -1.05. The quantitative estimate of drug-likeness (QED) is 0.538. The standard InChI is InChI=1S/C31H36FN5O4/c1-19(38)34-25(14-20-10-12-21(32)13-11-20)27(39)36(5)26(16-30(2,3)4)28(40)37-18-31(15-22(37)17-33)23-8-6-7-9-24(23)35-29(31)41/h6-13,22,25-26H,14-16,18H2,1-5H3,(H,34,38)(H,35,41)/t22-,25?,26-,31-/m0/s1. The van der Waals surface area contributed by atoms with Crippen LogP contribution in [0.4, 0.5) is 10.1 Å². The van der Waals surface area contributed by atoms with Gasteiger partial charge in [0.15, 0.2) is 0 Å². The zero-order valence-electron chi connectivity index (χ0n) is 24.0. The van der Waals surface area contributed by atoms with Crippen LogP contribution in [-0.4, -0.2) is 65.1 Å². The van der Waals surface area contributed by atoms with E-state index in [9.17, 15) is 28.8 Å². The molecule has 4 atom stereocenters. The molecule has 0 aliphatic carbocycles. The molecule has 10 heteroatoms. The summed E-state index contributed by atoms with van der Waals surface area (Å²) in [6, 6.07) is 12.3. The van der Waals surface area contributed by atoms with Gasteiger partial charge in [0, 0.05) is 39.0 Å². The zero-order chi connectivity index (χ0) is 30.1. The second-order valence-electron chi connectivity index (χ2n) is 12.2. The number of fused-ring (bicyclic) bond motifs is 2. The van der Waals surface area contributed by atoms with Crippen LogP contribution in [0.1, 0.15) is 51.7 Å². The van der Waals surface area contributed by atoms with Gasteiger partial charge in [-0.25, -0.2) is 4.39 Å². The Morgan fingerprint density at radius 3 is 2.46 bits per heavy atom. The van der Waals surface area contributed by atoms with E-state index in [4.69, 9.17) is 0 Å². The molecule has 2 aromatic rings. The Kier molecular flexibility index (Phi) is 8.20. The summed E-state index contributed by atoms with van der Waals surface area (Å²) in [5.41, 5.74) is 0.626. The fraction of sp³-hybridized carbons (Fsp3) is 0.452. The first kappa shape index (κ1) is 29.7. The van der Waals surface area contributed by atoms with Gasteiger partial charge in [-0.1, -0.05) is 51.1 Å². The van der Waals surface area contributed by atoms with E-state index >= 15 is 0 Å². The lowest BCUT2D eigenvalue weighted by Crippen LogP contribution is -2.57. The van der Waals surface area contributed by atoms with E-state index in [-0.39, 0.29) is 37.1 Å². The van der Waals surface area contributed by atoms with Gasteiger partial charge < -0.3 is 20.4 Å². The predicted octanol–water partition coefficient (Wildman–Crippen LogP) is 3.15. The molecule has 2 aromatic carbocycles. The Balaban J connectivity index is 1.65. The molecule has 0 saturated carbocycles. The number of rotatable bonds is 7.